The quantitative estimate of drug-likeness (QED) is 0.763. The standard InChI is InChI=1S/C20H20N2O4S/c1-4-26-15-8-6-14(7-9-15)21-20-22-19(23)18(27-20)12-13-5-10-16(24-2)17(11-13)25-3/h5-12H,4H2,1-3H3,(H,21,22,23). The summed E-state index contributed by atoms with van der Waals surface area (Å²) in [4.78, 5) is 17.3. The number of nitrogens with zero attached hydrogens (tertiary/aromatic N) is 1. The van der Waals surface area contributed by atoms with Gasteiger partial charge in [0.1, 0.15) is 5.75 Å². The molecule has 0 radical (unpaired) electrons. The van der Waals surface area contributed by atoms with Gasteiger partial charge in [0.25, 0.3) is 5.91 Å². The van der Waals surface area contributed by atoms with Gasteiger partial charge < -0.3 is 19.5 Å². The van der Waals surface area contributed by atoms with Gasteiger partial charge in [0, 0.05) is 0 Å². The van der Waals surface area contributed by atoms with Crippen molar-refractivity contribution in [1.82, 2.24) is 5.32 Å². The predicted octanol–water partition coefficient (Wildman–Crippen LogP) is 3.99. The van der Waals surface area contributed by atoms with Crippen LogP contribution in [0.3, 0.4) is 0 Å². The van der Waals surface area contributed by atoms with Crippen molar-refractivity contribution < 1.29 is 19.0 Å². The Hall–Kier alpha value is -2.93. The van der Waals surface area contributed by atoms with Crippen LogP contribution in [0.1, 0.15) is 12.5 Å². The van der Waals surface area contributed by atoms with Crippen LogP contribution >= 0.6 is 11.8 Å². The predicted molar refractivity (Wildman–Crippen MR) is 108 cm³/mol. The molecule has 0 aliphatic carbocycles. The van der Waals surface area contributed by atoms with Crippen molar-refractivity contribution in [3.8, 4) is 17.2 Å². The van der Waals surface area contributed by atoms with Gasteiger partial charge in [0.15, 0.2) is 16.7 Å². The largest absolute Gasteiger partial charge is 0.494 e. The summed E-state index contributed by atoms with van der Waals surface area (Å²) < 4.78 is 15.9. The average Bonchev–Trinajstić information content (AvgIpc) is 3.02. The monoisotopic (exact) mass is 384 g/mol. The summed E-state index contributed by atoms with van der Waals surface area (Å²) >= 11 is 1.29. The molecule has 1 N–H and O–H groups in total. The van der Waals surface area contributed by atoms with E-state index in [9.17, 15) is 4.79 Å². The number of carbonyl (C=O) groups excluding carboxylic acids is 1. The van der Waals surface area contributed by atoms with E-state index < -0.39 is 0 Å². The number of hydrogen-bond acceptors (Lipinski definition) is 6. The van der Waals surface area contributed by atoms with Gasteiger partial charge in [-0.3, -0.25) is 4.79 Å². The van der Waals surface area contributed by atoms with Crippen molar-refractivity contribution in [2.24, 2.45) is 4.99 Å². The van der Waals surface area contributed by atoms with Gasteiger partial charge in [-0.15, -0.1) is 0 Å². The zero-order chi connectivity index (χ0) is 19.2. The maximum Gasteiger partial charge on any atom is 0.264 e. The summed E-state index contributed by atoms with van der Waals surface area (Å²) in [6, 6.07) is 12.9. The first-order valence-electron chi connectivity index (χ1n) is 8.37. The number of hydrogen-bond donors (Lipinski definition) is 1. The Kier molecular flexibility index (Phi) is 6.03. The van der Waals surface area contributed by atoms with E-state index in [1.54, 1.807) is 26.4 Å². The van der Waals surface area contributed by atoms with Gasteiger partial charge in [0.05, 0.1) is 31.4 Å². The van der Waals surface area contributed by atoms with Crippen LogP contribution in [0.25, 0.3) is 6.08 Å². The zero-order valence-corrected chi connectivity index (χ0v) is 16.1. The molecule has 1 aliphatic heterocycles. The molecule has 0 saturated carbocycles. The fraction of sp³-hybridized carbons (Fsp3) is 0.200. The van der Waals surface area contributed by atoms with E-state index in [0.29, 0.717) is 28.2 Å². The molecule has 2 aromatic rings. The highest BCUT2D eigenvalue weighted by molar-refractivity contribution is 8.18. The normalized spacial score (nSPS) is 16.5. The van der Waals surface area contributed by atoms with Crippen molar-refractivity contribution >= 4 is 34.6 Å². The lowest BCUT2D eigenvalue weighted by Gasteiger charge is -2.07. The summed E-state index contributed by atoms with van der Waals surface area (Å²) in [6.07, 6.45) is 1.79. The molecule has 1 fully saturated rings. The van der Waals surface area contributed by atoms with Gasteiger partial charge in [-0.25, -0.2) is 4.99 Å². The summed E-state index contributed by atoms with van der Waals surface area (Å²) in [6.45, 7) is 2.55. The summed E-state index contributed by atoms with van der Waals surface area (Å²) in [5.74, 6) is 1.86. The number of amides is 1. The molecule has 6 nitrogen and oxygen atoms in total. The maximum atomic E-state index is 12.2. The minimum atomic E-state index is -0.181. The highest BCUT2D eigenvalue weighted by Gasteiger charge is 2.24. The molecule has 7 heteroatoms. The molecule has 0 aromatic heterocycles. The number of aliphatic imine (C=N–C) groups is 1. The molecule has 2 aromatic carbocycles. The van der Waals surface area contributed by atoms with Gasteiger partial charge in [0.2, 0.25) is 0 Å². The molecule has 140 valence electrons. The summed E-state index contributed by atoms with van der Waals surface area (Å²) in [7, 11) is 3.16. The number of methoxy groups -OCH3 is 2. The Morgan fingerprint density at radius 1 is 1.07 bits per heavy atom. The molecular formula is C20H20N2O4S. The number of thioether (sulfide) groups is 1. The Balaban J connectivity index is 1.77. The molecular weight excluding hydrogens is 364 g/mol. The topological polar surface area (TPSA) is 69.2 Å². The SMILES string of the molecule is CCOc1ccc(N=C2NC(=O)C(=Cc3ccc(OC)c(OC)c3)S2)cc1. The fourth-order valence-corrected chi connectivity index (χ4v) is 3.32. The lowest BCUT2D eigenvalue weighted by Crippen LogP contribution is -2.19. The van der Waals surface area contributed by atoms with E-state index in [0.717, 1.165) is 17.0 Å². The van der Waals surface area contributed by atoms with Gasteiger partial charge in [-0.1, -0.05) is 6.07 Å². The molecule has 0 atom stereocenters. The number of ether oxygens (including phenoxy) is 3. The molecule has 3 rings (SSSR count). The van der Waals surface area contributed by atoms with Crippen LogP contribution in [-0.4, -0.2) is 31.9 Å². The van der Waals surface area contributed by atoms with Crippen LogP contribution in [-0.2, 0) is 4.79 Å². The van der Waals surface area contributed by atoms with E-state index in [-0.39, 0.29) is 5.91 Å². The van der Waals surface area contributed by atoms with E-state index in [4.69, 9.17) is 14.2 Å². The molecule has 0 bridgehead atoms. The number of carbonyl (C=O) groups is 1. The second-order valence-corrected chi connectivity index (χ2v) is 6.55. The molecule has 1 heterocycles. The Morgan fingerprint density at radius 3 is 2.48 bits per heavy atom. The number of nitrogens with one attached hydrogen (secondary N) is 1. The third-order valence-electron chi connectivity index (χ3n) is 3.73. The van der Waals surface area contributed by atoms with Crippen molar-refractivity contribution in [3.05, 3.63) is 52.9 Å². The van der Waals surface area contributed by atoms with Gasteiger partial charge >= 0.3 is 0 Å². The maximum absolute atomic E-state index is 12.2. The van der Waals surface area contributed by atoms with Crippen molar-refractivity contribution in [3.63, 3.8) is 0 Å². The van der Waals surface area contributed by atoms with E-state index in [1.165, 1.54) is 11.8 Å². The van der Waals surface area contributed by atoms with Crippen LogP contribution in [0, 0.1) is 0 Å². The van der Waals surface area contributed by atoms with Gasteiger partial charge in [-0.2, -0.15) is 0 Å². The first kappa shape index (κ1) is 18.8. The van der Waals surface area contributed by atoms with Crippen LogP contribution in [0.15, 0.2) is 52.4 Å². The number of rotatable bonds is 6. The van der Waals surface area contributed by atoms with Crippen molar-refractivity contribution in [2.45, 2.75) is 6.92 Å². The third kappa shape index (κ3) is 4.62. The average molecular weight is 384 g/mol. The Labute approximate surface area is 162 Å². The highest BCUT2D eigenvalue weighted by atomic mass is 32.2. The Morgan fingerprint density at radius 2 is 1.81 bits per heavy atom. The van der Waals surface area contributed by atoms with Crippen LogP contribution in [0.2, 0.25) is 0 Å². The molecule has 0 unspecified atom stereocenters. The highest BCUT2D eigenvalue weighted by Crippen LogP contribution is 2.32. The third-order valence-corrected chi connectivity index (χ3v) is 4.64. The smallest absolute Gasteiger partial charge is 0.264 e. The molecule has 1 amide bonds. The Bertz CT molecular complexity index is 891. The second kappa shape index (κ2) is 8.64. The zero-order valence-electron chi connectivity index (χ0n) is 15.3. The van der Waals surface area contributed by atoms with E-state index >= 15 is 0 Å². The van der Waals surface area contributed by atoms with Crippen LogP contribution in [0.4, 0.5) is 5.69 Å². The lowest BCUT2D eigenvalue weighted by molar-refractivity contribution is -0.115. The first-order valence-corrected chi connectivity index (χ1v) is 9.19. The molecule has 27 heavy (non-hydrogen) atoms. The summed E-state index contributed by atoms with van der Waals surface area (Å²) in [5, 5.41) is 3.32. The minimum absolute atomic E-state index is 0.181. The second-order valence-electron chi connectivity index (χ2n) is 5.52. The first-order chi connectivity index (χ1) is 13.1. The van der Waals surface area contributed by atoms with Crippen LogP contribution < -0.4 is 19.5 Å². The fourth-order valence-electron chi connectivity index (χ4n) is 2.48. The molecule has 0 spiro atoms. The van der Waals surface area contributed by atoms with Crippen molar-refractivity contribution in [1.29, 1.82) is 0 Å². The lowest BCUT2D eigenvalue weighted by atomic mass is 10.2. The number of amidine groups is 1. The van der Waals surface area contributed by atoms with E-state index in [2.05, 4.69) is 10.3 Å². The van der Waals surface area contributed by atoms with E-state index in [1.807, 2.05) is 43.3 Å². The molecule has 1 aliphatic rings. The molecule has 1 saturated heterocycles. The van der Waals surface area contributed by atoms with Crippen molar-refractivity contribution in [2.75, 3.05) is 20.8 Å². The van der Waals surface area contributed by atoms with Crippen LogP contribution in [0.5, 0.6) is 17.2 Å². The van der Waals surface area contributed by atoms with Gasteiger partial charge in [-0.05, 0) is 66.7 Å². The summed E-state index contributed by atoms with van der Waals surface area (Å²) in [5.41, 5.74) is 1.58. The minimum Gasteiger partial charge on any atom is -0.494 e. The number of benzene rings is 2.